The predicted molar refractivity (Wildman–Crippen MR) is 124 cm³/mol. The van der Waals surface area contributed by atoms with Crippen molar-refractivity contribution in [3.63, 3.8) is 0 Å². The Hall–Kier alpha value is -3.64. The number of halogens is 1. The quantitative estimate of drug-likeness (QED) is 0.470. The van der Waals surface area contributed by atoms with Crippen LogP contribution in [0.15, 0.2) is 66.9 Å². The first kappa shape index (κ1) is 21.6. The Balaban J connectivity index is 1.69. The topological polar surface area (TPSA) is 73.2 Å². The molecule has 162 valence electrons. The van der Waals surface area contributed by atoms with E-state index in [1.54, 1.807) is 48.2 Å². The van der Waals surface area contributed by atoms with E-state index in [2.05, 4.69) is 10.3 Å². The summed E-state index contributed by atoms with van der Waals surface area (Å²) in [5.41, 5.74) is 3.49. The van der Waals surface area contributed by atoms with Gasteiger partial charge in [0.15, 0.2) is 0 Å². The van der Waals surface area contributed by atoms with E-state index in [4.69, 9.17) is 16.3 Å². The second-order valence-electron chi connectivity index (χ2n) is 7.37. The number of methoxy groups -OCH3 is 1. The van der Waals surface area contributed by atoms with E-state index in [0.29, 0.717) is 28.6 Å². The fourth-order valence-electron chi connectivity index (χ4n) is 3.71. The van der Waals surface area contributed by atoms with Gasteiger partial charge in [-0.15, -0.1) is 0 Å². The Morgan fingerprint density at radius 1 is 1.09 bits per heavy atom. The number of nitrogens with one attached hydrogen (secondary N) is 1. The Bertz CT molecular complexity index is 1280. The molecule has 2 heterocycles. The van der Waals surface area contributed by atoms with E-state index in [0.717, 1.165) is 22.2 Å². The van der Waals surface area contributed by atoms with Gasteiger partial charge < -0.3 is 10.1 Å². The summed E-state index contributed by atoms with van der Waals surface area (Å²) in [6.45, 7) is 2.19. The predicted octanol–water partition coefficient (Wildman–Crippen LogP) is 4.55. The zero-order valence-corrected chi connectivity index (χ0v) is 18.5. The molecule has 0 saturated carbocycles. The van der Waals surface area contributed by atoms with Gasteiger partial charge in [-0.2, -0.15) is 0 Å². The number of amides is 1. The SMILES string of the molecule is COc1ccc2c(c1)c(CC(=O)NCc1ccccn1)c(C)n2C(=O)c1ccc(Cl)cc1. The first-order valence-electron chi connectivity index (χ1n) is 10.1. The molecule has 0 saturated heterocycles. The summed E-state index contributed by atoms with van der Waals surface area (Å²) in [7, 11) is 1.59. The Morgan fingerprint density at radius 2 is 1.88 bits per heavy atom. The van der Waals surface area contributed by atoms with Crippen molar-refractivity contribution in [3.8, 4) is 5.75 Å². The zero-order valence-electron chi connectivity index (χ0n) is 17.8. The standard InChI is InChI=1S/C25H22ClN3O3/c1-16-21(14-24(30)28-15-19-5-3-4-12-27-19)22-13-20(32-2)10-11-23(22)29(16)25(31)17-6-8-18(26)9-7-17/h3-13H,14-15H2,1-2H3,(H,28,30). The highest BCUT2D eigenvalue weighted by atomic mass is 35.5. The van der Waals surface area contributed by atoms with Gasteiger partial charge in [0.25, 0.3) is 5.91 Å². The maximum absolute atomic E-state index is 13.3. The van der Waals surface area contributed by atoms with Crippen molar-refractivity contribution >= 4 is 34.3 Å². The number of carbonyl (C=O) groups excluding carboxylic acids is 2. The molecule has 0 fully saturated rings. The maximum atomic E-state index is 13.3. The van der Waals surface area contributed by atoms with Crippen LogP contribution in [0.5, 0.6) is 5.75 Å². The first-order valence-corrected chi connectivity index (χ1v) is 10.5. The van der Waals surface area contributed by atoms with E-state index in [-0.39, 0.29) is 18.2 Å². The van der Waals surface area contributed by atoms with Crippen LogP contribution in [0.1, 0.15) is 27.3 Å². The fraction of sp³-hybridized carbons (Fsp3) is 0.160. The van der Waals surface area contributed by atoms with Gasteiger partial charge in [-0.3, -0.25) is 19.1 Å². The zero-order chi connectivity index (χ0) is 22.7. The Morgan fingerprint density at radius 3 is 2.56 bits per heavy atom. The molecule has 0 aliphatic carbocycles. The lowest BCUT2D eigenvalue weighted by Gasteiger charge is -2.08. The highest BCUT2D eigenvalue weighted by molar-refractivity contribution is 6.30. The number of pyridine rings is 1. The summed E-state index contributed by atoms with van der Waals surface area (Å²) >= 11 is 5.98. The number of hydrogen-bond donors (Lipinski definition) is 1. The highest BCUT2D eigenvalue weighted by Crippen LogP contribution is 2.30. The van der Waals surface area contributed by atoms with Crippen LogP contribution in [0.4, 0.5) is 0 Å². The third-order valence-electron chi connectivity index (χ3n) is 5.37. The lowest BCUT2D eigenvalue weighted by atomic mass is 10.1. The molecular weight excluding hydrogens is 426 g/mol. The minimum absolute atomic E-state index is 0.128. The van der Waals surface area contributed by atoms with Gasteiger partial charge in [0.05, 0.1) is 31.3 Å². The van der Waals surface area contributed by atoms with Gasteiger partial charge in [0.2, 0.25) is 5.91 Å². The van der Waals surface area contributed by atoms with Crippen molar-refractivity contribution in [1.82, 2.24) is 14.9 Å². The second-order valence-corrected chi connectivity index (χ2v) is 7.81. The largest absolute Gasteiger partial charge is 0.497 e. The first-order chi connectivity index (χ1) is 15.5. The molecule has 1 N–H and O–H groups in total. The molecular formula is C25H22ClN3O3. The van der Waals surface area contributed by atoms with Crippen LogP contribution in [0.3, 0.4) is 0 Å². The molecule has 0 spiro atoms. The summed E-state index contributed by atoms with van der Waals surface area (Å²) in [5, 5.41) is 4.27. The number of aromatic nitrogens is 2. The monoisotopic (exact) mass is 447 g/mol. The van der Waals surface area contributed by atoms with Crippen molar-refractivity contribution in [2.45, 2.75) is 19.9 Å². The summed E-state index contributed by atoms with van der Waals surface area (Å²) < 4.78 is 7.02. The molecule has 7 heteroatoms. The third-order valence-corrected chi connectivity index (χ3v) is 5.62. The van der Waals surface area contributed by atoms with Gasteiger partial charge in [0.1, 0.15) is 5.75 Å². The van der Waals surface area contributed by atoms with Gasteiger partial charge in [-0.25, -0.2) is 0 Å². The number of benzene rings is 2. The smallest absolute Gasteiger partial charge is 0.262 e. The molecule has 1 amide bonds. The Labute approximate surface area is 190 Å². The van der Waals surface area contributed by atoms with Crippen LogP contribution in [0.2, 0.25) is 5.02 Å². The van der Waals surface area contributed by atoms with Gasteiger partial charge in [-0.05, 0) is 67.1 Å². The minimum atomic E-state index is -0.186. The normalized spacial score (nSPS) is 10.8. The molecule has 4 aromatic rings. The van der Waals surface area contributed by atoms with E-state index in [1.165, 1.54) is 0 Å². The molecule has 2 aromatic heterocycles. The number of fused-ring (bicyclic) bond motifs is 1. The molecule has 0 aliphatic heterocycles. The molecule has 0 bridgehead atoms. The molecule has 0 radical (unpaired) electrons. The van der Waals surface area contributed by atoms with Crippen LogP contribution in [0, 0.1) is 6.92 Å². The van der Waals surface area contributed by atoms with Crippen molar-refractivity contribution in [1.29, 1.82) is 0 Å². The number of rotatable bonds is 6. The van der Waals surface area contributed by atoms with Crippen molar-refractivity contribution in [2.75, 3.05) is 7.11 Å². The second kappa shape index (κ2) is 9.24. The summed E-state index contributed by atoms with van der Waals surface area (Å²) in [6.07, 6.45) is 1.82. The van der Waals surface area contributed by atoms with Crippen LogP contribution >= 0.6 is 11.6 Å². The maximum Gasteiger partial charge on any atom is 0.262 e. The van der Waals surface area contributed by atoms with Crippen LogP contribution in [-0.4, -0.2) is 28.5 Å². The highest BCUT2D eigenvalue weighted by Gasteiger charge is 2.22. The average Bonchev–Trinajstić information content (AvgIpc) is 3.08. The average molecular weight is 448 g/mol. The summed E-state index contributed by atoms with van der Waals surface area (Å²) in [4.78, 5) is 30.3. The van der Waals surface area contributed by atoms with Crippen LogP contribution in [-0.2, 0) is 17.8 Å². The van der Waals surface area contributed by atoms with Crippen LogP contribution < -0.4 is 10.1 Å². The van der Waals surface area contributed by atoms with E-state index < -0.39 is 0 Å². The fourth-order valence-corrected chi connectivity index (χ4v) is 3.84. The summed E-state index contributed by atoms with van der Waals surface area (Å²) in [6, 6.07) is 17.8. The molecule has 0 unspecified atom stereocenters. The third kappa shape index (κ3) is 4.36. The lowest BCUT2D eigenvalue weighted by molar-refractivity contribution is -0.120. The molecule has 32 heavy (non-hydrogen) atoms. The van der Waals surface area contributed by atoms with E-state index in [1.807, 2.05) is 37.3 Å². The number of carbonyl (C=O) groups is 2. The van der Waals surface area contributed by atoms with Gasteiger partial charge in [-0.1, -0.05) is 17.7 Å². The number of nitrogens with zero attached hydrogens (tertiary/aromatic N) is 2. The minimum Gasteiger partial charge on any atom is -0.497 e. The molecule has 0 aliphatic rings. The summed E-state index contributed by atoms with van der Waals surface area (Å²) in [5.74, 6) is 0.317. The number of hydrogen-bond acceptors (Lipinski definition) is 4. The van der Waals surface area contributed by atoms with Crippen molar-refractivity contribution in [3.05, 3.63) is 94.4 Å². The molecule has 0 atom stereocenters. The Kier molecular flexibility index (Phi) is 6.23. The molecule has 2 aromatic carbocycles. The van der Waals surface area contributed by atoms with Gasteiger partial charge in [0, 0.05) is 27.9 Å². The van der Waals surface area contributed by atoms with Gasteiger partial charge >= 0.3 is 0 Å². The van der Waals surface area contributed by atoms with Crippen LogP contribution in [0.25, 0.3) is 10.9 Å². The lowest BCUT2D eigenvalue weighted by Crippen LogP contribution is -2.25. The van der Waals surface area contributed by atoms with Crippen molar-refractivity contribution in [2.24, 2.45) is 0 Å². The number of ether oxygens (including phenoxy) is 1. The molecule has 4 rings (SSSR count). The van der Waals surface area contributed by atoms with E-state index >= 15 is 0 Å². The molecule has 6 nitrogen and oxygen atoms in total. The van der Waals surface area contributed by atoms with Crippen molar-refractivity contribution < 1.29 is 14.3 Å². The van der Waals surface area contributed by atoms with E-state index in [9.17, 15) is 9.59 Å².